The molecule has 0 amide bonds. The molecule has 1 unspecified atom stereocenters. The Morgan fingerprint density at radius 1 is 1.23 bits per heavy atom. The lowest BCUT2D eigenvalue weighted by Gasteiger charge is -2.34. The highest BCUT2D eigenvalue weighted by atomic mass is 16.5. The van der Waals surface area contributed by atoms with E-state index >= 15 is 0 Å². The van der Waals surface area contributed by atoms with E-state index in [1.54, 1.807) is 14.2 Å². The van der Waals surface area contributed by atoms with Crippen molar-refractivity contribution >= 4 is 0 Å². The zero-order valence-electron chi connectivity index (χ0n) is 14.5. The van der Waals surface area contributed by atoms with Crippen molar-refractivity contribution in [3.05, 3.63) is 24.0 Å². The van der Waals surface area contributed by atoms with Crippen molar-refractivity contribution < 1.29 is 14.2 Å². The smallest absolute Gasteiger partial charge is 0.138 e. The molecule has 1 aliphatic rings. The van der Waals surface area contributed by atoms with Crippen LogP contribution in [0.2, 0.25) is 0 Å². The molecule has 1 heterocycles. The summed E-state index contributed by atoms with van der Waals surface area (Å²) in [6, 6.07) is 4.10. The Balaban J connectivity index is 1.86. The first-order chi connectivity index (χ1) is 10.4. The molecule has 2 rings (SSSR count). The van der Waals surface area contributed by atoms with Gasteiger partial charge in [0.05, 0.1) is 12.3 Å². The van der Waals surface area contributed by atoms with E-state index in [4.69, 9.17) is 14.2 Å². The Kier molecular flexibility index (Phi) is 5.81. The van der Waals surface area contributed by atoms with Crippen LogP contribution in [0.5, 0.6) is 5.75 Å². The number of methoxy groups -OCH3 is 2. The van der Waals surface area contributed by atoms with E-state index in [9.17, 15) is 0 Å². The maximum absolute atomic E-state index is 5.89. The molecule has 1 fully saturated rings. The monoisotopic (exact) mass is 307 g/mol. The molecule has 4 nitrogen and oxygen atoms in total. The van der Waals surface area contributed by atoms with Gasteiger partial charge in [-0.3, -0.25) is 4.98 Å². The van der Waals surface area contributed by atoms with E-state index in [0.29, 0.717) is 12.0 Å². The number of aromatic nitrogens is 1. The number of hydrogen-bond donors (Lipinski definition) is 0. The van der Waals surface area contributed by atoms with Gasteiger partial charge in [0.25, 0.3) is 0 Å². The number of pyridine rings is 1. The highest BCUT2D eigenvalue weighted by Gasteiger charge is 2.31. The highest BCUT2D eigenvalue weighted by Crippen LogP contribution is 2.31. The van der Waals surface area contributed by atoms with Gasteiger partial charge in [0, 0.05) is 39.4 Å². The van der Waals surface area contributed by atoms with E-state index in [1.807, 2.05) is 12.3 Å². The van der Waals surface area contributed by atoms with E-state index in [1.165, 1.54) is 0 Å². The summed E-state index contributed by atoms with van der Waals surface area (Å²) < 4.78 is 16.4. The second-order valence-electron chi connectivity index (χ2n) is 7.08. The van der Waals surface area contributed by atoms with Crippen LogP contribution in [0.25, 0.3) is 0 Å². The van der Waals surface area contributed by atoms with E-state index in [-0.39, 0.29) is 11.5 Å². The molecular weight excluding hydrogens is 278 g/mol. The fraction of sp³-hybridized carbons (Fsp3) is 0.722. The molecule has 1 aliphatic carbocycles. The molecule has 22 heavy (non-hydrogen) atoms. The van der Waals surface area contributed by atoms with Crippen molar-refractivity contribution in [1.29, 1.82) is 0 Å². The minimum absolute atomic E-state index is 0.158. The summed E-state index contributed by atoms with van der Waals surface area (Å²) in [5.74, 6) is 1.34. The summed E-state index contributed by atoms with van der Waals surface area (Å²) in [7, 11) is 3.51. The molecule has 4 heteroatoms. The molecule has 0 spiro atoms. The van der Waals surface area contributed by atoms with Crippen LogP contribution >= 0.6 is 0 Å². The molecule has 0 saturated heterocycles. The van der Waals surface area contributed by atoms with Gasteiger partial charge in [-0.05, 0) is 29.9 Å². The summed E-state index contributed by atoms with van der Waals surface area (Å²) in [5.41, 5.74) is 1.26. The average molecular weight is 307 g/mol. The lowest BCUT2D eigenvalue weighted by atomic mass is 9.76. The summed E-state index contributed by atoms with van der Waals surface area (Å²) in [6.45, 7) is 7.53. The summed E-state index contributed by atoms with van der Waals surface area (Å²) in [5, 5.41) is 0. The number of ether oxygens (including phenoxy) is 3. The van der Waals surface area contributed by atoms with Crippen molar-refractivity contribution in [1.82, 2.24) is 4.98 Å². The summed E-state index contributed by atoms with van der Waals surface area (Å²) in [6.07, 6.45) is 5.36. The summed E-state index contributed by atoms with van der Waals surface area (Å²) in [4.78, 5) is 4.56. The maximum Gasteiger partial charge on any atom is 0.138 e. The van der Waals surface area contributed by atoms with Gasteiger partial charge < -0.3 is 14.2 Å². The third-order valence-electron chi connectivity index (χ3n) is 4.87. The Bertz CT molecular complexity index is 452. The van der Waals surface area contributed by atoms with Crippen LogP contribution in [-0.2, 0) is 15.9 Å². The molecular formula is C18H29NO3. The standard InChI is InChI=1S/C18H29NO3/c1-13(12-20-4)18(2,3)10-14-6-7-15(11-19-14)22-17-8-16(9-17)21-5/h6-7,11,13,16-17H,8-10,12H2,1-5H3. The van der Waals surface area contributed by atoms with Crippen LogP contribution < -0.4 is 4.74 Å². The van der Waals surface area contributed by atoms with Crippen LogP contribution in [0.4, 0.5) is 0 Å². The van der Waals surface area contributed by atoms with Crippen molar-refractivity contribution in [3.63, 3.8) is 0 Å². The number of rotatable bonds is 8. The fourth-order valence-corrected chi connectivity index (χ4v) is 2.70. The lowest BCUT2D eigenvalue weighted by molar-refractivity contribution is -0.0382. The van der Waals surface area contributed by atoms with Gasteiger partial charge in [0.2, 0.25) is 0 Å². The third-order valence-corrected chi connectivity index (χ3v) is 4.87. The number of hydrogen-bond acceptors (Lipinski definition) is 4. The average Bonchev–Trinajstić information content (AvgIpc) is 2.44. The molecule has 0 N–H and O–H groups in total. The maximum atomic E-state index is 5.89. The van der Waals surface area contributed by atoms with Gasteiger partial charge in [-0.15, -0.1) is 0 Å². The predicted octanol–water partition coefficient (Wildman–Crippen LogP) is 3.49. The minimum Gasteiger partial charge on any atom is -0.489 e. The van der Waals surface area contributed by atoms with E-state index < -0.39 is 0 Å². The van der Waals surface area contributed by atoms with Gasteiger partial charge >= 0.3 is 0 Å². The zero-order valence-corrected chi connectivity index (χ0v) is 14.5. The first kappa shape index (κ1) is 17.2. The molecule has 0 radical (unpaired) electrons. The van der Waals surface area contributed by atoms with E-state index in [2.05, 4.69) is 31.8 Å². The van der Waals surface area contributed by atoms with Crippen molar-refractivity contribution in [2.75, 3.05) is 20.8 Å². The molecule has 0 aromatic carbocycles. The Hall–Kier alpha value is -1.13. The van der Waals surface area contributed by atoms with Crippen LogP contribution in [-0.4, -0.2) is 38.0 Å². The Morgan fingerprint density at radius 2 is 1.95 bits per heavy atom. The van der Waals surface area contributed by atoms with Gasteiger partial charge in [0.1, 0.15) is 11.9 Å². The second-order valence-corrected chi connectivity index (χ2v) is 7.08. The SMILES string of the molecule is COCC(C)C(C)(C)Cc1ccc(OC2CC(OC)C2)cn1. The highest BCUT2D eigenvalue weighted by molar-refractivity contribution is 5.21. The molecule has 0 bridgehead atoms. The zero-order chi connectivity index (χ0) is 16.2. The molecule has 124 valence electrons. The molecule has 1 saturated carbocycles. The van der Waals surface area contributed by atoms with Crippen LogP contribution in [0.3, 0.4) is 0 Å². The van der Waals surface area contributed by atoms with Crippen molar-refractivity contribution in [2.24, 2.45) is 11.3 Å². The van der Waals surface area contributed by atoms with Gasteiger partial charge in [-0.25, -0.2) is 0 Å². The topological polar surface area (TPSA) is 40.6 Å². The molecule has 1 aromatic rings. The Labute approximate surface area is 134 Å². The van der Waals surface area contributed by atoms with Crippen molar-refractivity contribution in [3.8, 4) is 5.75 Å². The fourth-order valence-electron chi connectivity index (χ4n) is 2.70. The first-order valence-corrected chi connectivity index (χ1v) is 8.08. The molecule has 1 aromatic heterocycles. The van der Waals surface area contributed by atoms with Gasteiger partial charge in [-0.1, -0.05) is 20.8 Å². The van der Waals surface area contributed by atoms with Gasteiger partial charge in [0.15, 0.2) is 0 Å². The molecule has 1 atom stereocenters. The second kappa shape index (κ2) is 7.42. The quantitative estimate of drug-likeness (QED) is 0.737. The Morgan fingerprint density at radius 3 is 2.50 bits per heavy atom. The minimum atomic E-state index is 0.158. The molecule has 0 aliphatic heterocycles. The summed E-state index contributed by atoms with van der Waals surface area (Å²) >= 11 is 0. The van der Waals surface area contributed by atoms with E-state index in [0.717, 1.165) is 37.3 Å². The predicted molar refractivity (Wildman–Crippen MR) is 87.2 cm³/mol. The van der Waals surface area contributed by atoms with Crippen LogP contribution in [0.15, 0.2) is 18.3 Å². The number of nitrogens with zero attached hydrogens (tertiary/aromatic N) is 1. The first-order valence-electron chi connectivity index (χ1n) is 8.08. The lowest BCUT2D eigenvalue weighted by Crippen LogP contribution is -2.38. The van der Waals surface area contributed by atoms with Crippen LogP contribution in [0.1, 0.15) is 39.3 Å². The van der Waals surface area contributed by atoms with Gasteiger partial charge in [-0.2, -0.15) is 0 Å². The normalized spacial score (nSPS) is 23.0. The van der Waals surface area contributed by atoms with Crippen LogP contribution in [0, 0.1) is 11.3 Å². The largest absolute Gasteiger partial charge is 0.489 e. The van der Waals surface area contributed by atoms with Crippen molar-refractivity contribution in [2.45, 2.75) is 52.2 Å². The third kappa shape index (κ3) is 4.43.